The zero-order chi connectivity index (χ0) is 6.28. The molecule has 3 heteroatoms. The number of primary amides is 1. The SMILES string of the molecule is C=C.NCC(N)=O. The average molecular weight is 102 g/mol. The molecule has 0 saturated carbocycles. The molecule has 0 aliphatic rings. The van der Waals surface area contributed by atoms with Crippen molar-refractivity contribution in [1.82, 2.24) is 0 Å². The maximum Gasteiger partial charge on any atom is 0.231 e. The van der Waals surface area contributed by atoms with Crippen LogP contribution in [-0.2, 0) is 4.79 Å². The molecule has 1 amide bonds. The van der Waals surface area contributed by atoms with E-state index < -0.39 is 5.91 Å². The summed E-state index contributed by atoms with van der Waals surface area (Å²) in [6, 6.07) is 0. The molecule has 0 aliphatic heterocycles. The molecule has 0 aliphatic carbocycles. The van der Waals surface area contributed by atoms with Crippen molar-refractivity contribution >= 4 is 5.91 Å². The highest BCUT2D eigenvalue weighted by Gasteiger charge is 1.77. The van der Waals surface area contributed by atoms with Crippen LogP contribution in [0.4, 0.5) is 0 Å². The van der Waals surface area contributed by atoms with E-state index in [4.69, 9.17) is 5.73 Å². The van der Waals surface area contributed by atoms with Gasteiger partial charge in [0.05, 0.1) is 6.54 Å². The first-order valence-electron chi connectivity index (χ1n) is 1.75. The number of rotatable bonds is 1. The molecule has 0 saturated heterocycles. The lowest BCUT2D eigenvalue weighted by atomic mass is 10.7. The minimum atomic E-state index is -0.468. The minimum absolute atomic E-state index is 0.0556. The highest BCUT2D eigenvalue weighted by molar-refractivity contribution is 5.75. The molecule has 0 bridgehead atoms. The van der Waals surface area contributed by atoms with E-state index >= 15 is 0 Å². The van der Waals surface area contributed by atoms with Crippen molar-refractivity contribution < 1.29 is 4.79 Å². The molecular weight excluding hydrogens is 92.1 g/mol. The van der Waals surface area contributed by atoms with Gasteiger partial charge in [0.15, 0.2) is 0 Å². The summed E-state index contributed by atoms with van der Waals surface area (Å²) in [6.45, 7) is 5.94. The van der Waals surface area contributed by atoms with Crippen molar-refractivity contribution in [3.63, 3.8) is 0 Å². The predicted octanol–water partition coefficient (Wildman–Crippen LogP) is -0.767. The third kappa shape index (κ3) is 38.0. The number of nitrogens with two attached hydrogens (primary N) is 2. The fourth-order valence-electron chi connectivity index (χ4n) is 0. The topological polar surface area (TPSA) is 69.1 Å². The summed E-state index contributed by atoms with van der Waals surface area (Å²) in [7, 11) is 0. The molecule has 0 spiro atoms. The minimum Gasteiger partial charge on any atom is -0.369 e. The molecule has 0 aromatic rings. The van der Waals surface area contributed by atoms with Gasteiger partial charge in [-0.3, -0.25) is 4.79 Å². The Morgan fingerprint density at radius 1 is 1.57 bits per heavy atom. The number of carbonyl (C=O) groups is 1. The normalized spacial score (nSPS) is 5.86. The Morgan fingerprint density at radius 3 is 1.71 bits per heavy atom. The smallest absolute Gasteiger partial charge is 0.231 e. The fourth-order valence-corrected chi connectivity index (χ4v) is 0. The van der Waals surface area contributed by atoms with E-state index in [9.17, 15) is 4.79 Å². The van der Waals surface area contributed by atoms with Gasteiger partial charge in [-0.15, -0.1) is 13.2 Å². The summed E-state index contributed by atoms with van der Waals surface area (Å²) in [5.41, 5.74) is 9.22. The van der Waals surface area contributed by atoms with E-state index in [2.05, 4.69) is 18.9 Å². The first-order chi connectivity index (χ1) is 3.27. The van der Waals surface area contributed by atoms with Gasteiger partial charge in [-0.2, -0.15) is 0 Å². The van der Waals surface area contributed by atoms with Crippen molar-refractivity contribution in [1.29, 1.82) is 0 Å². The second-order valence-corrected chi connectivity index (χ2v) is 0.670. The van der Waals surface area contributed by atoms with Gasteiger partial charge in [-0.05, 0) is 0 Å². The summed E-state index contributed by atoms with van der Waals surface area (Å²) in [4.78, 5) is 9.47. The fraction of sp³-hybridized carbons (Fsp3) is 0.250. The molecule has 0 heterocycles. The van der Waals surface area contributed by atoms with Crippen LogP contribution >= 0.6 is 0 Å². The van der Waals surface area contributed by atoms with Crippen LogP contribution in [0.5, 0.6) is 0 Å². The molecule has 42 valence electrons. The zero-order valence-electron chi connectivity index (χ0n) is 4.18. The molecule has 0 aromatic carbocycles. The van der Waals surface area contributed by atoms with Crippen LogP contribution in [0, 0.1) is 0 Å². The van der Waals surface area contributed by atoms with Gasteiger partial charge in [-0.1, -0.05) is 0 Å². The number of amides is 1. The zero-order valence-corrected chi connectivity index (χ0v) is 4.18. The van der Waals surface area contributed by atoms with Gasteiger partial charge in [0, 0.05) is 0 Å². The first-order valence-corrected chi connectivity index (χ1v) is 1.75. The lowest BCUT2D eigenvalue weighted by Gasteiger charge is -1.74. The first kappa shape index (κ1) is 9.48. The second-order valence-electron chi connectivity index (χ2n) is 0.670. The van der Waals surface area contributed by atoms with E-state index in [1.807, 2.05) is 0 Å². The molecule has 0 radical (unpaired) electrons. The van der Waals surface area contributed by atoms with Crippen molar-refractivity contribution in [2.24, 2.45) is 11.5 Å². The van der Waals surface area contributed by atoms with Crippen molar-refractivity contribution in [2.75, 3.05) is 6.54 Å². The van der Waals surface area contributed by atoms with E-state index in [-0.39, 0.29) is 6.54 Å². The molecular formula is C4H10N2O. The average Bonchev–Trinajstić information content (AvgIpc) is 1.73. The van der Waals surface area contributed by atoms with Crippen LogP contribution in [0.3, 0.4) is 0 Å². The van der Waals surface area contributed by atoms with Gasteiger partial charge in [0.2, 0.25) is 5.91 Å². The maximum atomic E-state index is 9.47. The lowest BCUT2D eigenvalue weighted by Crippen LogP contribution is -2.21. The monoisotopic (exact) mass is 102 g/mol. The number of hydrogen-bond donors (Lipinski definition) is 2. The van der Waals surface area contributed by atoms with Crippen LogP contribution < -0.4 is 11.5 Å². The molecule has 0 unspecified atom stereocenters. The number of carbonyl (C=O) groups excluding carboxylic acids is 1. The predicted molar refractivity (Wildman–Crippen MR) is 29.5 cm³/mol. The Morgan fingerprint density at radius 2 is 1.71 bits per heavy atom. The van der Waals surface area contributed by atoms with Gasteiger partial charge in [-0.25, -0.2) is 0 Å². The van der Waals surface area contributed by atoms with Gasteiger partial charge in [0.1, 0.15) is 0 Å². The molecule has 0 rings (SSSR count). The van der Waals surface area contributed by atoms with Crippen LogP contribution in [0.1, 0.15) is 0 Å². The molecule has 0 fully saturated rings. The Labute approximate surface area is 43.0 Å². The van der Waals surface area contributed by atoms with E-state index in [1.165, 1.54) is 0 Å². The molecule has 0 atom stereocenters. The summed E-state index contributed by atoms with van der Waals surface area (Å²) >= 11 is 0. The standard InChI is InChI=1S/C2H6N2O.C2H4/c3-1-2(4)5;1-2/h1,3H2,(H2,4,5);1-2H2. The quantitative estimate of drug-likeness (QED) is 0.427. The maximum absolute atomic E-state index is 9.47. The highest BCUT2D eigenvalue weighted by atomic mass is 16.1. The molecule has 7 heavy (non-hydrogen) atoms. The van der Waals surface area contributed by atoms with Crippen LogP contribution in [0.25, 0.3) is 0 Å². The Hall–Kier alpha value is -0.830. The summed E-state index contributed by atoms with van der Waals surface area (Å²) in [5, 5.41) is 0. The number of hydrogen-bond acceptors (Lipinski definition) is 2. The van der Waals surface area contributed by atoms with Crippen LogP contribution in [-0.4, -0.2) is 12.5 Å². The Balaban J connectivity index is 0. The van der Waals surface area contributed by atoms with Crippen molar-refractivity contribution in [2.45, 2.75) is 0 Å². The highest BCUT2D eigenvalue weighted by Crippen LogP contribution is 1.36. The van der Waals surface area contributed by atoms with Crippen molar-refractivity contribution in [3.05, 3.63) is 13.2 Å². The Bertz CT molecular complexity index is 53.7. The second kappa shape index (κ2) is 8.95. The van der Waals surface area contributed by atoms with Crippen molar-refractivity contribution in [3.8, 4) is 0 Å². The molecule has 3 nitrogen and oxygen atoms in total. The van der Waals surface area contributed by atoms with Gasteiger partial charge >= 0.3 is 0 Å². The largest absolute Gasteiger partial charge is 0.369 e. The lowest BCUT2D eigenvalue weighted by molar-refractivity contribution is -0.116. The summed E-state index contributed by atoms with van der Waals surface area (Å²) < 4.78 is 0. The van der Waals surface area contributed by atoms with E-state index in [0.717, 1.165) is 0 Å². The molecule has 0 aromatic heterocycles. The third-order valence-electron chi connectivity index (χ3n) is 0.201. The van der Waals surface area contributed by atoms with Gasteiger partial charge < -0.3 is 11.5 Å². The Kier molecular flexibility index (Phi) is 12.1. The third-order valence-corrected chi connectivity index (χ3v) is 0.201. The van der Waals surface area contributed by atoms with Crippen LogP contribution in [0.2, 0.25) is 0 Å². The summed E-state index contributed by atoms with van der Waals surface area (Å²) in [6.07, 6.45) is 0. The summed E-state index contributed by atoms with van der Waals surface area (Å²) in [5.74, 6) is -0.468. The molecule has 4 N–H and O–H groups in total. The van der Waals surface area contributed by atoms with E-state index in [0.29, 0.717) is 0 Å². The van der Waals surface area contributed by atoms with Crippen LogP contribution in [0.15, 0.2) is 13.2 Å². The van der Waals surface area contributed by atoms with Gasteiger partial charge in [0.25, 0.3) is 0 Å². The van der Waals surface area contributed by atoms with E-state index in [1.54, 1.807) is 0 Å².